The minimum absolute atomic E-state index is 0.267. The van der Waals surface area contributed by atoms with Crippen LogP contribution in [0.5, 0.6) is 0 Å². The first-order valence-corrected chi connectivity index (χ1v) is 4.37. The summed E-state index contributed by atoms with van der Waals surface area (Å²) in [5.74, 6) is 5.78. The Morgan fingerprint density at radius 3 is 2.36 bits per heavy atom. The van der Waals surface area contributed by atoms with Crippen molar-refractivity contribution >= 4 is 5.69 Å². The van der Waals surface area contributed by atoms with E-state index in [1.807, 2.05) is 32.0 Å². The molecule has 2 nitrogen and oxygen atoms in total. The van der Waals surface area contributed by atoms with E-state index in [-0.39, 0.29) is 6.42 Å². The first kappa shape index (κ1) is 10.2. The molecule has 0 atom stereocenters. The standard InChI is InChI=1S/C12H12N2/c1-9-7-11(14)8-10(2)12(9)5-3-4-6-13/h7-8H,4,14H2,1-2H3. The summed E-state index contributed by atoms with van der Waals surface area (Å²) in [6.45, 7) is 3.94. The molecule has 0 saturated heterocycles. The number of nitrogens with two attached hydrogens (primary N) is 1. The Hall–Kier alpha value is -1.93. The molecule has 2 N–H and O–H groups in total. The molecule has 0 heterocycles. The van der Waals surface area contributed by atoms with Gasteiger partial charge in [-0.15, -0.1) is 0 Å². The summed E-state index contributed by atoms with van der Waals surface area (Å²) in [6, 6.07) is 5.77. The number of hydrogen-bond acceptors (Lipinski definition) is 2. The van der Waals surface area contributed by atoms with Crippen LogP contribution < -0.4 is 5.73 Å². The number of aryl methyl sites for hydroxylation is 2. The Morgan fingerprint density at radius 1 is 1.29 bits per heavy atom. The predicted molar refractivity (Wildman–Crippen MR) is 57.4 cm³/mol. The third-order valence-corrected chi connectivity index (χ3v) is 1.94. The number of nitriles is 1. The quantitative estimate of drug-likeness (QED) is 0.496. The smallest absolute Gasteiger partial charge is 0.0966 e. The van der Waals surface area contributed by atoms with Crippen LogP contribution in [0.3, 0.4) is 0 Å². The van der Waals surface area contributed by atoms with Gasteiger partial charge in [0.2, 0.25) is 0 Å². The van der Waals surface area contributed by atoms with Gasteiger partial charge in [-0.2, -0.15) is 5.26 Å². The third-order valence-electron chi connectivity index (χ3n) is 1.94. The van der Waals surface area contributed by atoms with Crippen LogP contribution in [0.1, 0.15) is 23.1 Å². The molecular formula is C12H12N2. The van der Waals surface area contributed by atoms with Crippen LogP contribution in [0.2, 0.25) is 0 Å². The van der Waals surface area contributed by atoms with E-state index in [9.17, 15) is 0 Å². The average molecular weight is 184 g/mol. The topological polar surface area (TPSA) is 49.8 Å². The van der Waals surface area contributed by atoms with Crippen molar-refractivity contribution < 1.29 is 0 Å². The third kappa shape index (κ3) is 2.28. The van der Waals surface area contributed by atoms with Crippen molar-refractivity contribution in [3.63, 3.8) is 0 Å². The van der Waals surface area contributed by atoms with Gasteiger partial charge in [0.05, 0.1) is 12.5 Å². The molecule has 0 aromatic heterocycles. The monoisotopic (exact) mass is 184 g/mol. The van der Waals surface area contributed by atoms with E-state index in [1.54, 1.807) is 0 Å². The lowest BCUT2D eigenvalue weighted by Crippen LogP contribution is -1.92. The Kier molecular flexibility index (Phi) is 3.15. The minimum atomic E-state index is 0.267. The van der Waals surface area contributed by atoms with Crippen LogP contribution in [0.25, 0.3) is 0 Å². The number of anilines is 1. The summed E-state index contributed by atoms with van der Waals surface area (Å²) in [6.07, 6.45) is 0.267. The SMILES string of the molecule is Cc1cc(N)cc(C)c1C#CCC#N. The summed E-state index contributed by atoms with van der Waals surface area (Å²) in [4.78, 5) is 0. The molecule has 1 rings (SSSR count). The van der Waals surface area contributed by atoms with Crippen molar-refractivity contribution in [1.29, 1.82) is 5.26 Å². The van der Waals surface area contributed by atoms with E-state index in [0.29, 0.717) is 0 Å². The van der Waals surface area contributed by atoms with Gasteiger partial charge in [-0.1, -0.05) is 11.8 Å². The number of nitrogens with zero attached hydrogens (tertiary/aromatic N) is 1. The van der Waals surface area contributed by atoms with E-state index in [4.69, 9.17) is 11.0 Å². The molecule has 0 saturated carbocycles. The Bertz CT molecular complexity index is 419. The van der Waals surface area contributed by atoms with Crippen LogP contribution >= 0.6 is 0 Å². The molecule has 0 radical (unpaired) electrons. The number of hydrogen-bond donors (Lipinski definition) is 1. The Balaban J connectivity index is 3.12. The summed E-state index contributed by atoms with van der Waals surface area (Å²) in [7, 11) is 0. The normalized spacial score (nSPS) is 8.64. The van der Waals surface area contributed by atoms with Crippen LogP contribution in [0.15, 0.2) is 12.1 Å². The molecule has 70 valence electrons. The molecule has 0 fully saturated rings. The van der Waals surface area contributed by atoms with Gasteiger partial charge in [0.25, 0.3) is 0 Å². The van der Waals surface area contributed by atoms with Crippen molar-refractivity contribution in [2.24, 2.45) is 0 Å². The first-order chi connectivity index (χ1) is 6.65. The average Bonchev–Trinajstić information content (AvgIpc) is 2.09. The van der Waals surface area contributed by atoms with Crippen LogP contribution in [0, 0.1) is 37.0 Å². The fourth-order valence-corrected chi connectivity index (χ4v) is 1.37. The molecule has 0 aliphatic heterocycles. The second kappa shape index (κ2) is 4.35. The summed E-state index contributed by atoms with van der Waals surface area (Å²) < 4.78 is 0. The molecule has 2 heteroatoms. The second-order valence-corrected chi connectivity index (χ2v) is 3.17. The van der Waals surface area contributed by atoms with Gasteiger partial charge in [-0.25, -0.2) is 0 Å². The van der Waals surface area contributed by atoms with Gasteiger partial charge in [-0.05, 0) is 37.1 Å². The maximum Gasteiger partial charge on any atom is 0.0966 e. The first-order valence-electron chi connectivity index (χ1n) is 4.37. The maximum absolute atomic E-state index is 8.35. The van der Waals surface area contributed by atoms with Gasteiger partial charge in [0, 0.05) is 11.3 Å². The van der Waals surface area contributed by atoms with Crippen LogP contribution in [-0.2, 0) is 0 Å². The van der Waals surface area contributed by atoms with Gasteiger partial charge < -0.3 is 5.73 Å². The number of nitrogen functional groups attached to an aromatic ring is 1. The molecule has 0 bridgehead atoms. The zero-order chi connectivity index (χ0) is 10.6. The maximum atomic E-state index is 8.35. The molecule has 0 spiro atoms. The van der Waals surface area contributed by atoms with Crippen molar-refractivity contribution in [3.8, 4) is 17.9 Å². The Labute approximate surface area is 84.4 Å². The second-order valence-electron chi connectivity index (χ2n) is 3.17. The zero-order valence-corrected chi connectivity index (χ0v) is 8.39. The fraction of sp³-hybridized carbons (Fsp3) is 0.250. The molecule has 0 unspecified atom stereocenters. The van der Waals surface area contributed by atoms with Crippen molar-refractivity contribution in [2.75, 3.05) is 5.73 Å². The summed E-state index contributed by atoms with van der Waals surface area (Å²) >= 11 is 0. The lowest BCUT2D eigenvalue weighted by molar-refractivity contribution is 1.34. The molecule has 1 aromatic carbocycles. The van der Waals surface area contributed by atoms with Gasteiger partial charge in [0.1, 0.15) is 0 Å². The molecule has 0 aliphatic rings. The summed E-state index contributed by atoms with van der Waals surface area (Å²) in [5, 5.41) is 8.35. The minimum Gasteiger partial charge on any atom is -0.399 e. The van der Waals surface area contributed by atoms with E-state index in [0.717, 1.165) is 22.4 Å². The number of benzene rings is 1. The predicted octanol–water partition coefficient (Wildman–Crippen LogP) is 2.15. The summed E-state index contributed by atoms with van der Waals surface area (Å²) in [5.41, 5.74) is 9.54. The van der Waals surface area contributed by atoms with Crippen molar-refractivity contribution in [3.05, 3.63) is 28.8 Å². The van der Waals surface area contributed by atoms with Gasteiger partial charge >= 0.3 is 0 Å². The lowest BCUT2D eigenvalue weighted by Gasteiger charge is -2.04. The highest BCUT2D eigenvalue weighted by molar-refractivity contribution is 5.54. The highest BCUT2D eigenvalue weighted by Gasteiger charge is 2.00. The van der Waals surface area contributed by atoms with E-state index in [2.05, 4.69) is 11.8 Å². The van der Waals surface area contributed by atoms with Gasteiger partial charge in [-0.3, -0.25) is 0 Å². The molecular weight excluding hydrogens is 172 g/mol. The zero-order valence-electron chi connectivity index (χ0n) is 8.39. The van der Waals surface area contributed by atoms with Crippen LogP contribution in [0.4, 0.5) is 5.69 Å². The van der Waals surface area contributed by atoms with Crippen molar-refractivity contribution in [2.45, 2.75) is 20.3 Å². The Morgan fingerprint density at radius 2 is 1.86 bits per heavy atom. The molecule has 14 heavy (non-hydrogen) atoms. The molecule has 0 amide bonds. The largest absolute Gasteiger partial charge is 0.399 e. The van der Waals surface area contributed by atoms with E-state index >= 15 is 0 Å². The van der Waals surface area contributed by atoms with Crippen molar-refractivity contribution in [1.82, 2.24) is 0 Å². The number of rotatable bonds is 0. The van der Waals surface area contributed by atoms with E-state index < -0.39 is 0 Å². The highest BCUT2D eigenvalue weighted by Crippen LogP contribution is 2.16. The lowest BCUT2D eigenvalue weighted by atomic mass is 10.0. The molecule has 1 aromatic rings. The molecule has 0 aliphatic carbocycles. The van der Waals surface area contributed by atoms with Crippen LogP contribution in [-0.4, -0.2) is 0 Å². The van der Waals surface area contributed by atoms with E-state index in [1.165, 1.54) is 0 Å². The highest BCUT2D eigenvalue weighted by atomic mass is 14.5. The van der Waals surface area contributed by atoms with Gasteiger partial charge in [0.15, 0.2) is 0 Å². The fourth-order valence-electron chi connectivity index (χ4n) is 1.37.